The van der Waals surface area contributed by atoms with Crippen LogP contribution in [0.2, 0.25) is 0 Å². The molecule has 0 saturated carbocycles. The first kappa shape index (κ1) is 21.4. The maximum atomic E-state index is 13.7. The van der Waals surface area contributed by atoms with Crippen LogP contribution in [-0.2, 0) is 20.0 Å². The van der Waals surface area contributed by atoms with Gasteiger partial charge < -0.3 is 14.8 Å². The molecule has 0 radical (unpaired) electrons. The number of aromatic nitrogens is 1. The van der Waals surface area contributed by atoms with Crippen LogP contribution in [0.3, 0.4) is 0 Å². The van der Waals surface area contributed by atoms with Gasteiger partial charge in [0.25, 0.3) is 0 Å². The van der Waals surface area contributed by atoms with Gasteiger partial charge in [-0.1, -0.05) is 6.07 Å². The van der Waals surface area contributed by atoms with Crippen molar-refractivity contribution >= 4 is 29.9 Å². The van der Waals surface area contributed by atoms with Crippen LogP contribution in [0.1, 0.15) is 18.2 Å². The van der Waals surface area contributed by atoms with Gasteiger partial charge in [-0.15, -0.1) is 24.0 Å². The average molecular weight is 462 g/mol. The van der Waals surface area contributed by atoms with Crippen LogP contribution in [0.15, 0.2) is 41.5 Å². The van der Waals surface area contributed by atoms with E-state index in [1.807, 2.05) is 38.2 Å². The topological polar surface area (TPSA) is 32.6 Å². The highest BCUT2D eigenvalue weighted by Gasteiger charge is 2.10. The van der Waals surface area contributed by atoms with Gasteiger partial charge in [-0.05, 0) is 37.6 Å². The highest BCUT2D eigenvalue weighted by Crippen LogP contribution is 2.12. The Morgan fingerprint density at radius 1 is 1.20 bits per heavy atom. The summed E-state index contributed by atoms with van der Waals surface area (Å²) in [6, 6.07) is 7.96. The summed E-state index contributed by atoms with van der Waals surface area (Å²) in [6.07, 6.45) is 2.22. The summed E-state index contributed by atoms with van der Waals surface area (Å²) in [5, 5.41) is 3.21. The summed E-state index contributed by atoms with van der Waals surface area (Å²) in [4.78, 5) is 6.49. The van der Waals surface area contributed by atoms with Crippen molar-refractivity contribution in [1.29, 1.82) is 0 Å². The molecule has 1 aromatic carbocycles. The first-order valence-electron chi connectivity index (χ1n) is 8.05. The van der Waals surface area contributed by atoms with Crippen molar-refractivity contribution < 1.29 is 8.78 Å². The summed E-state index contributed by atoms with van der Waals surface area (Å²) in [6.45, 7) is 3.73. The van der Waals surface area contributed by atoms with E-state index in [9.17, 15) is 8.78 Å². The van der Waals surface area contributed by atoms with Crippen LogP contribution in [0.4, 0.5) is 8.78 Å². The number of rotatable bonds is 6. The third-order valence-corrected chi connectivity index (χ3v) is 3.83. The lowest BCUT2D eigenvalue weighted by Gasteiger charge is -2.22. The van der Waals surface area contributed by atoms with E-state index < -0.39 is 11.6 Å². The number of benzene rings is 1. The van der Waals surface area contributed by atoms with Crippen LogP contribution in [0.25, 0.3) is 0 Å². The van der Waals surface area contributed by atoms with E-state index in [0.29, 0.717) is 13.1 Å². The molecule has 1 N–H and O–H groups in total. The largest absolute Gasteiger partial charge is 0.357 e. The molecule has 0 bridgehead atoms. The fraction of sp³-hybridized carbons (Fsp3) is 0.389. The zero-order chi connectivity index (χ0) is 17.5. The smallest absolute Gasteiger partial charge is 0.194 e. The van der Waals surface area contributed by atoms with Crippen LogP contribution < -0.4 is 5.32 Å². The van der Waals surface area contributed by atoms with Gasteiger partial charge in [0.2, 0.25) is 0 Å². The molecule has 0 fully saturated rings. The normalized spacial score (nSPS) is 11.2. The first-order valence-corrected chi connectivity index (χ1v) is 8.05. The number of hydrogen-bond acceptors (Lipinski definition) is 1. The van der Waals surface area contributed by atoms with Crippen molar-refractivity contribution in [3.05, 3.63) is 59.4 Å². The highest BCUT2D eigenvalue weighted by molar-refractivity contribution is 14.0. The molecule has 0 saturated heterocycles. The number of nitrogens with zero attached hydrogens (tertiary/aromatic N) is 3. The Balaban J connectivity index is 0.00000312. The van der Waals surface area contributed by atoms with Crippen molar-refractivity contribution in [2.24, 2.45) is 12.0 Å². The number of nitrogens with one attached hydrogen (secondary N) is 1. The minimum Gasteiger partial charge on any atom is -0.357 e. The van der Waals surface area contributed by atoms with Crippen LogP contribution in [-0.4, -0.2) is 35.6 Å². The Bertz CT molecular complexity index is 680. The molecule has 0 amide bonds. The Hall–Kier alpha value is -1.64. The van der Waals surface area contributed by atoms with Crippen molar-refractivity contribution in [1.82, 2.24) is 14.8 Å². The molecule has 0 unspecified atom stereocenters. The zero-order valence-electron chi connectivity index (χ0n) is 14.8. The van der Waals surface area contributed by atoms with Crippen molar-refractivity contribution in [3.63, 3.8) is 0 Å². The van der Waals surface area contributed by atoms with Crippen LogP contribution in [0.5, 0.6) is 0 Å². The Morgan fingerprint density at radius 2 is 1.88 bits per heavy atom. The van der Waals surface area contributed by atoms with E-state index in [2.05, 4.69) is 20.9 Å². The van der Waals surface area contributed by atoms with E-state index in [0.717, 1.165) is 18.2 Å². The number of aryl methyl sites for hydroxylation is 1. The van der Waals surface area contributed by atoms with Crippen LogP contribution in [0, 0.1) is 11.6 Å². The summed E-state index contributed by atoms with van der Waals surface area (Å²) in [7, 11) is 3.94. The van der Waals surface area contributed by atoms with Gasteiger partial charge in [0.1, 0.15) is 11.6 Å². The summed E-state index contributed by atoms with van der Waals surface area (Å²) < 4.78 is 29.4. The number of halogens is 3. The van der Waals surface area contributed by atoms with Crippen molar-refractivity contribution in [2.45, 2.75) is 19.9 Å². The minimum absolute atomic E-state index is 0. The molecule has 0 aliphatic heterocycles. The molecule has 25 heavy (non-hydrogen) atoms. The van der Waals surface area contributed by atoms with Crippen molar-refractivity contribution in [3.8, 4) is 0 Å². The standard InChI is InChI=1S/C18H24F2N4.HI/c1-4-21-18(24(3)13-14-7-6-12-23(14)2)22-11-10-15-16(19)8-5-9-17(15)20;/h5-9,12H,4,10-11,13H2,1-3H3,(H,21,22);1H. The third-order valence-electron chi connectivity index (χ3n) is 3.83. The molecule has 1 aromatic heterocycles. The lowest BCUT2D eigenvalue weighted by molar-refractivity contribution is 0.461. The van der Waals surface area contributed by atoms with Crippen LogP contribution >= 0.6 is 24.0 Å². The van der Waals surface area contributed by atoms with E-state index in [-0.39, 0.29) is 36.0 Å². The summed E-state index contributed by atoms with van der Waals surface area (Å²) in [5.74, 6) is -0.324. The first-order chi connectivity index (χ1) is 11.5. The average Bonchev–Trinajstić information content (AvgIpc) is 2.94. The second kappa shape index (κ2) is 10.4. The SMILES string of the molecule is CCNC(=NCCc1c(F)cccc1F)N(C)Cc1cccn1C.I. The fourth-order valence-corrected chi connectivity index (χ4v) is 2.49. The third kappa shape index (κ3) is 5.98. The molecule has 7 heteroatoms. The molecular weight excluding hydrogens is 437 g/mol. The molecular formula is C18H25F2IN4. The van der Waals surface area contributed by atoms with Gasteiger partial charge in [-0.25, -0.2) is 8.78 Å². The number of hydrogen-bond donors (Lipinski definition) is 1. The number of aliphatic imine (C=N–C) groups is 1. The molecule has 2 aromatic rings. The number of guanidine groups is 1. The zero-order valence-corrected chi connectivity index (χ0v) is 17.1. The maximum Gasteiger partial charge on any atom is 0.194 e. The van der Waals surface area contributed by atoms with E-state index in [1.165, 1.54) is 18.2 Å². The quantitative estimate of drug-likeness (QED) is 0.405. The molecule has 0 spiro atoms. The highest BCUT2D eigenvalue weighted by atomic mass is 127. The minimum atomic E-state index is -0.521. The lowest BCUT2D eigenvalue weighted by Crippen LogP contribution is -2.39. The molecule has 0 aliphatic carbocycles. The van der Waals surface area contributed by atoms with E-state index >= 15 is 0 Å². The molecule has 138 valence electrons. The molecule has 0 atom stereocenters. The van der Waals surface area contributed by atoms with Crippen molar-refractivity contribution in [2.75, 3.05) is 20.1 Å². The van der Waals surface area contributed by atoms with Gasteiger partial charge in [0.15, 0.2) is 5.96 Å². The predicted molar refractivity (Wildman–Crippen MR) is 108 cm³/mol. The predicted octanol–water partition coefficient (Wildman–Crippen LogP) is 3.56. The van der Waals surface area contributed by atoms with Gasteiger partial charge in [0, 0.05) is 44.6 Å². The molecule has 1 heterocycles. The molecule has 4 nitrogen and oxygen atoms in total. The van der Waals surface area contributed by atoms with E-state index in [1.54, 1.807) is 0 Å². The second-order valence-corrected chi connectivity index (χ2v) is 5.65. The van der Waals surface area contributed by atoms with E-state index in [4.69, 9.17) is 0 Å². The molecule has 0 aliphatic rings. The summed E-state index contributed by atoms with van der Waals surface area (Å²) in [5.41, 5.74) is 1.24. The van der Waals surface area contributed by atoms with Gasteiger partial charge in [-0.2, -0.15) is 0 Å². The maximum absolute atomic E-state index is 13.7. The van der Waals surface area contributed by atoms with Gasteiger partial charge in [0.05, 0.1) is 6.54 Å². The monoisotopic (exact) mass is 462 g/mol. The lowest BCUT2D eigenvalue weighted by atomic mass is 10.1. The van der Waals surface area contributed by atoms with Gasteiger partial charge in [-0.3, -0.25) is 4.99 Å². The Kier molecular flexibility index (Phi) is 8.88. The second-order valence-electron chi connectivity index (χ2n) is 5.65. The Morgan fingerprint density at radius 3 is 2.44 bits per heavy atom. The fourth-order valence-electron chi connectivity index (χ4n) is 2.49. The summed E-state index contributed by atoms with van der Waals surface area (Å²) >= 11 is 0. The molecule has 2 rings (SSSR count). The van der Waals surface area contributed by atoms with Gasteiger partial charge >= 0.3 is 0 Å². The Labute approximate surface area is 165 Å².